The number of imidazole rings is 1. The number of nitrogens with zero attached hydrogens (tertiary/aromatic N) is 3. The lowest BCUT2D eigenvalue weighted by Gasteiger charge is -2.31. The van der Waals surface area contributed by atoms with Crippen molar-refractivity contribution in [2.24, 2.45) is 12.8 Å². The van der Waals surface area contributed by atoms with Crippen LogP contribution in [0.4, 0.5) is 0 Å². The van der Waals surface area contributed by atoms with Crippen LogP contribution >= 0.6 is 0 Å². The Bertz CT molecular complexity index is 377. The van der Waals surface area contributed by atoms with Gasteiger partial charge in [0.15, 0.2) is 0 Å². The summed E-state index contributed by atoms with van der Waals surface area (Å²) in [5.41, 5.74) is 6.00. The lowest BCUT2D eigenvalue weighted by atomic mass is 10.2. The van der Waals surface area contributed by atoms with E-state index in [1.807, 2.05) is 7.05 Å². The van der Waals surface area contributed by atoms with Gasteiger partial charge in [0.05, 0.1) is 19.0 Å². The van der Waals surface area contributed by atoms with Gasteiger partial charge in [0, 0.05) is 32.9 Å². The van der Waals surface area contributed by atoms with Crippen molar-refractivity contribution in [2.45, 2.75) is 6.10 Å². The average Bonchev–Trinajstić information content (AvgIpc) is 2.75. The van der Waals surface area contributed by atoms with Gasteiger partial charge in [-0.3, -0.25) is 4.79 Å². The summed E-state index contributed by atoms with van der Waals surface area (Å²) in [6, 6.07) is 0. The number of carbonyl (C=O) groups is 1. The molecule has 88 valence electrons. The highest BCUT2D eigenvalue weighted by Crippen LogP contribution is 2.08. The maximum atomic E-state index is 12.0. The highest BCUT2D eigenvalue weighted by molar-refractivity contribution is 5.92. The number of nitrogens with two attached hydrogens (primary N) is 1. The smallest absolute Gasteiger partial charge is 0.274 e. The first kappa shape index (κ1) is 11.1. The second-order valence-electron chi connectivity index (χ2n) is 3.90. The van der Waals surface area contributed by atoms with Gasteiger partial charge in [-0.2, -0.15) is 0 Å². The van der Waals surface area contributed by atoms with Gasteiger partial charge in [0.1, 0.15) is 5.69 Å². The topological polar surface area (TPSA) is 73.4 Å². The molecule has 1 aliphatic heterocycles. The molecule has 1 saturated heterocycles. The highest BCUT2D eigenvalue weighted by atomic mass is 16.5. The summed E-state index contributed by atoms with van der Waals surface area (Å²) < 4.78 is 7.16. The monoisotopic (exact) mass is 224 g/mol. The van der Waals surface area contributed by atoms with Crippen LogP contribution < -0.4 is 5.73 Å². The second kappa shape index (κ2) is 4.63. The predicted octanol–water partition coefficient (Wildman–Crippen LogP) is -0.780. The van der Waals surface area contributed by atoms with Crippen LogP contribution in [-0.2, 0) is 11.8 Å². The van der Waals surface area contributed by atoms with Crippen molar-refractivity contribution in [3.05, 3.63) is 18.2 Å². The van der Waals surface area contributed by atoms with E-state index in [0.29, 0.717) is 31.9 Å². The fourth-order valence-electron chi connectivity index (χ4n) is 1.73. The van der Waals surface area contributed by atoms with Crippen molar-refractivity contribution in [3.63, 3.8) is 0 Å². The van der Waals surface area contributed by atoms with E-state index in [1.54, 1.807) is 22.0 Å². The minimum atomic E-state index is -0.0542. The molecule has 2 heterocycles. The summed E-state index contributed by atoms with van der Waals surface area (Å²) in [6.07, 6.45) is 3.28. The molecular formula is C10H16N4O2. The van der Waals surface area contributed by atoms with Gasteiger partial charge >= 0.3 is 0 Å². The summed E-state index contributed by atoms with van der Waals surface area (Å²) in [7, 11) is 1.84. The summed E-state index contributed by atoms with van der Waals surface area (Å²) in [5.74, 6) is -0.0534. The molecule has 1 aromatic rings. The van der Waals surface area contributed by atoms with Gasteiger partial charge in [0.2, 0.25) is 0 Å². The number of aromatic nitrogens is 2. The Morgan fingerprint density at radius 2 is 2.56 bits per heavy atom. The van der Waals surface area contributed by atoms with Crippen molar-refractivity contribution in [2.75, 3.05) is 26.2 Å². The second-order valence-corrected chi connectivity index (χ2v) is 3.90. The molecule has 16 heavy (non-hydrogen) atoms. The number of carbonyl (C=O) groups excluding carboxylic acids is 1. The van der Waals surface area contributed by atoms with E-state index < -0.39 is 0 Å². The molecule has 6 heteroatoms. The molecule has 2 N–H and O–H groups in total. The van der Waals surface area contributed by atoms with Crippen LogP contribution in [0, 0.1) is 0 Å². The molecular weight excluding hydrogens is 208 g/mol. The van der Waals surface area contributed by atoms with Crippen molar-refractivity contribution in [3.8, 4) is 0 Å². The molecule has 6 nitrogen and oxygen atoms in total. The number of hydrogen-bond donors (Lipinski definition) is 1. The zero-order valence-corrected chi connectivity index (χ0v) is 9.30. The first-order chi connectivity index (χ1) is 7.70. The Balaban J connectivity index is 2.04. The van der Waals surface area contributed by atoms with E-state index in [1.165, 1.54) is 0 Å². The molecule has 1 fully saturated rings. The Labute approximate surface area is 94.0 Å². The third-order valence-electron chi connectivity index (χ3n) is 2.61. The molecule has 1 aromatic heterocycles. The van der Waals surface area contributed by atoms with Gasteiger partial charge in [-0.15, -0.1) is 0 Å². The van der Waals surface area contributed by atoms with Crippen molar-refractivity contribution < 1.29 is 9.53 Å². The molecule has 2 rings (SSSR count). The van der Waals surface area contributed by atoms with Crippen LogP contribution in [0.1, 0.15) is 10.5 Å². The van der Waals surface area contributed by atoms with Crippen molar-refractivity contribution >= 4 is 5.91 Å². The van der Waals surface area contributed by atoms with Gasteiger partial charge in [-0.25, -0.2) is 4.98 Å². The zero-order valence-electron chi connectivity index (χ0n) is 9.30. The fraction of sp³-hybridized carbons (Fsp3) is 0.600. The van der Waals surface area contributed by atoms with Crippen molar-refractivity contribution in [1.82, 2.24) is 14.5 Å². The summed E-state index contributed by atoms with van der Waals surface area (Å²) in [5, 5.41) is 0. The van der Waals surface area contributed by atoms with Gasteiger partial charge in [-0.05, 0) is 0 Å². The maximum absolute atomic E-state index is 12.0. The molecule has 1 amide bonds. The Kier molecular flexibility index (Phi) is 3.21. The number of morpholine rings is 1. The first-order valence-electron chi connectivity index (χ1n) is 5.29. The van der Waals surface area contributed by atoms with E-state index >= 15 is 0 Å². The van der Waals surface area contributed by atoms with Gasteiger partial charge in [0.25, 0.3) is 5.91 Å². The van der Waals surface area contributed by atoms with Crippen LogP contribution in [0.25, 0.3) is 0 Å². The SMILES string of the molecule is Cn1cnc(C(=O)N2CCOC(CN)C2)c1. The normalized spacial score (nSPS) is 21.1. The summed E-state index contributed by atoms with van der Waals surface area (Å²) >= 11 is 0. The predicted molar refractivity (Wildman–Crippen MR) is 57.9 cm³/mol. The highest BCUT2D eigenvalue weighted by Gasteiger charge is 2.25. The number of ether oxygens (including phenoxy) is 1. The molecule has 0 bridgehead atoms. The standard InChI is InChI=1S/C10H16N4O2/c1-13-6-9(12-7-13)10(15)14-2-3-16-8(4-11)5-14/h6-8H,2-5,11H2,1H3. The number of aryl methyl sites for hydroxylation is 1. The van der Waals surface area contributed by atoms with Crippen LogP contribution in [-0.4, -0.2) is 52.7 Å². The number of rotatable bonds is 2. The quantitative estimate of drug-likeness (QED) is 0.715. The molecule has 1 unspecified atom stereocenters. The van der Waals surface area contributed by atoms with Crippen LogP contribution in [0.2, 0.25) is 0 Å². The molecule has 1 atom stereocenters. The van der Waals surface area contributed by atoms with E-state index in [4.69, 9.17) is 10.5 Å². The Morgan fingerprint density at radius 1 is 1.75 bits per heavy atom. The minimum Gasteiger partial charge on any atom is -0.373 e. The average molecular weight is 224 g/mol. The molecule has 1 aliphatic rings. The molecule has 0 saturated carbocycles. The van der Waals surface area contributed by atoms with E-state index in [0.717, 1.165) is 0 Å². The third kappa shape index (κ3) is 2.23. The molecule has 0 aliphatic carbocycles. The van der Waals surface area contributed by atoms with Gasteiger partial charge in [-0.1, -0.05) is 0 Å². The summed E-state index contributed by atoms with van der Waals surface area (Å²) in [4.78, 5) is 17.8. The van der Waals surface area contributed by atoms with E-state index in [2.05, 4.69) is 4.98 Å². The third-order valence-corrected chi connectivity index (χ3v) is 2.61. The fourth-order valence-corrected chi connectivity index (χ4v) is 1.73. The van der Waals surface area contributed by atoms with Crippen LogP contribution in [0.5, 0.6) is 0 Å². The van der Waals surface area contributed by atoms with E-state index in [9.17, 15) is 4.79 Å². The van der Waals surface area contributed by atoms with E-state index in [-0.39, 0.29) is 12.0 Å². The lowest BCUT2D eigenvalue weighted by Crippen LogP contribution is -2.48. The molecule has 0 aromatic carbocycles. The first-order valence-corrected chi connectivity index (χ1v) is 5.29. The molecule has 0 spiro atoms. The van der Waals surface area contributed by atoms with Crippen LogP contribution in [0.3, 0.4) is 0 Å². The largest absolute Gasteiger partial charge is 0.373 e. The zero-order chi connectivity index (χ0) is 11.5. The Morgan fingerprint density at radius 3 is 3.19 bits per heavy atom. The van der Waals surface area contributed by atoms with Crippen LogP contribution in [0.15, 0.2) is 12.5 Å². The number of hydrogen-bond acceptors (Lipinski definition) is 4. The maximum Gasteiger partial charge on any atom is 0.274 e. The Hall–Kier alpha value is -1.40. The van der Waals surface area contributed by atoms with Crippen molar-refractivity contribution in [1.29, 1.82) is 0 Å². The summed E-state index contributed by atoms with van der Waals surface area (Å²) in [6.45, 7) is 2.13. The molecule has 0 radical (unpaired) electrons. The number of amides is 1. The lowest BCUT2D eigenvalue weighted by molar-refractivity contribution is -0.0169. The van der Waals surface area contributed by atoms with Gasteiger partial charge < -0.3 is 19.9 Å². The minimum absolute atomic E-state index is 0.0534.